The van der Waals surface area contributed by atoms with E-state index in [0.29, 0.717) is 24.4 Å². The van der Waals surface area contributed by atoms with E-state index >= 15 is 0 Å². The fourth-order valence-electron chi connectivity index (χ4n) is 6.02. The number of fused-ring (bicyclic) bond motifs is 1. The number of hydrogen-bond acceptors (Lipinski definition) is 7. The molecule has 0 aliphatic carbocycles. The minimum absolute atomic E-state index is 0.121. The van der Waals surface area contributed by atoms with Gasteiger partial charge in [-0.2, -0.15) is 0 Å². The summed E-state index contributed by atoms with van der Waals surface area (Å²) in [5.41, 5.74) is 2.10. The molecule has 10 nitrogen and oxygen atoms in total. The molecule has 0 aromatic heterocycles. The number of imide groups is 1. The Morgan fingerprint density at radius 2 is 1.71 bits per heavy atom. The van der Waals surface area contributed by atoms with Crippen molar-refractivity contribution in [2.24, 2.45) is 5.92 Å². The largest absolute Gasteiger partial charge is 0.444 e. The molecular weight excluding hydrogens is 486 g/mol. The average Bonchev–Trinajstić information content (AvgIpc) is 3.20. The van der Waals surface area contributed by atoms with E-state index in [1.165, 1.54) is 0 Å². The third-order valence-electron chi connectivity index (χ3n) is 8.03. The maximum Gasteiger partial charge on any atom is 0.410 e. The number of piperidine rings is 2. The van der Waals surface area contributed by atoms with E-state index in [9.17, 15) is 19.2 Å². The van der Waals surface area contributed by atoms with Gasteiger partial charge in [-0.3, -0.25) is 24.6 Å². The predicted octanol–water partition coefficient (Wildman–Crippen LogP) is 2.22. The standard InChI is InChI=1S/C28H39N5O5/c1-28(2,3)38-27(37)32-11-9-19(10-12-32)17-30-13-15-31(16-14-30)21-6-4-5-20-18-33(26(36)24(20)21)22-7-8-23(34)29-25(22)35/h4-6,19,22H,7-18H2,1-3H3,(H,29,34,35). The Balaban J connectivity index is 1.14. The Bertz CT molecular complexity index is 1100. The summed E-state index contributed by atoms with van der Waals surface area (Å²) < 4.78 is 5.52. The summed E-state index contributed by atoms with van der Waals surface area (Å²) in [5.74, 6) is -0.216. The van der Waals surface area contributed by atoms with Crippen molar-refractivity contribution < 1.29 is 23.9 Å². The van der Waals surface area contributed by atoms with Crippen LogP contribution in [0.3, 0.4) is 0 Å². The molecule has 1 aromatic rings. The van der Waals surface area contributed by atoms with Crippen LogP contribution in [0, 0.1) is 5.92 Å². The Morgan fingerprint density at radius 3 is 2.37 bits per heavy atom. The number of amides is 4. The summed E-state index contributed by atoms with van der Waals surface area (Å²) in [6, 6.07) is 5.36. The highest BCUT2D eigenvalue weighted by Crippen LogP contribution is 2.34. The van der Waals surface area contributed by atoms with Crippen molar-refractivity contribution in [1.82, 2.24) is 20.0 Å². The molecule has 3 fully saturated rings. The Labute approximate surface area is 224 Å². The van der Waals surface area contributed by atoms with E-state index in [1.54, 1.807) is 4.90 Å². The molecule has 1 atom stereocenters. The summed E-state index contributed by atoms with van der Waals surface area (Å²) in [7, 11) is 0. The minimum atomic E-state index is -0.598. The highest BCUT2D eigenvalue weighted by molar-refractivity contribution is 6.08. The number of nitrogens with zero attached hydrogens (tertiary/aromatic N) is 4. The first-order valence-electron chi connectivity index (χ1n) is 13.8. The summed E-state index contributed by atoms with van der Waals surface area (Å²) in [6.45, 7) is 12.1. The lowest BCUT2D eigenvalue weighted by Crippen LogP contribution is -2.52. The molecule has 38 heavy (non-hydrogen) atoms. The Morgan fingerprint density at radius 1 is 1.00 bits per heavy atom. The zero-order valence-electron chi connectivity index (χ0n) is 22.7. The van der Waals surface area contributed by atoms with Crippen LogP contribution in [0.25, 0.3) is 0 Å². The first-order valence-corrected chi connectivity index (χ1v) is 13.8. The summed E-state index contributed by atoms with van der Waals surface area (Å²) in [5, 5.41) is 2.37. The van der Waals surface area contributed by atoms with Crippen LogP contribution >= 0.6 is 0 Å². The van der Waals surface area contributed by atoms with E-state index in [4.69, 9.17) is 4.74 Å². The van der Waals surface area contributed by atoms with Crippen molar-refractivity contribution >= 4 is 29.5 Å². The number of likely N-dealkylation sites (tertiary alicyclic amines) is 1. The minimum Gasteiger partial charge on any atom is -0.444 e. The summed E-state index contributed by atoms with van der Waals surface area (Å²) in [6.07, 6.45) is 2.37. The van der Waals surface area contributed by atoms with Crippen LogP contribution in [0.5, 0.6) is 0 Å². The van der Waals surface area contributed by atoms with Gasteiger partial charge in [-0.25, -0.2) is 4.79 Å². The molecule has 206 valence electrons. The lowest BCUT2D eigenvalue weighted by molar-refractivity contribution is -0.136. The second-order valence-electron chi connectivity index (χ2n) is 11.9. The molecule has 0 bridgehead atoms. The normalized spacial score (nSPS) is 23.5. The molecule has 4 amide bonds. The van der Waals surface area contributed by atoms with Gasteiger partial charge in [-0.05, 0) is 57.6 Å². The van der Waals surface area contributed by atoms with Crippen molar-refractivity contribution in [3.63, 3.8) is 0 Å². The van der Waals surface area contributed by atoms with Gasteiger partial charge < -0.3 is 19.4 Å². The van der Waals surface area contributed by atoms with Crippen LogP contribution in [-0.2, 0) is 20.9 Å². The van der Waals surface area contributed by atoms with Crippen LogP contribution in [0.1, 0.15) is 62.4 Å². The van der Waals surface area contributed by atoms with Crippen molar-refractivity contribution in [2.75, 3.05) is 50.7 Å². The maximum absolute atomic E-state index is 13.5. The van der Waals surface area contributed by atoms with Gasteiger partial charge in [0.1, 0.15) is 11.6 Å². The van der Waals surface area contributed by atoms with Crippen LogP contribution in [-0.4, -0.2) is 96.0 Å². The first kappa shape index (κ1) is 26.5. The molecule has 4 aliphatic rings. The summed E-state index contributed by atoms with van der Waals surface area (Å²) >= 11 is 0. The number of hydrogen-bond donors (Lipinski definition) is 1. The SMILES string of the molecule is CC(C)(C)OC(=O)N1CCC(CN2CCN(c3cccc4c3C(=O)N(C3CCC(=O)NC3=O)C4)CC2)CC1. The van der Waals surface area contributed by atoms with Gasteiger partial charge in [0.15, 0.2) is 0 Å². The Kier molecular flexibility index (Phi) is 7.35. The van der Waals surface area contributed by atoms with Crippen LogP contribution in [0.4, 0.5) is 10.5 Å². The number of benzene rings is 1. The first-order chi connectivity index (χ1) is 18.1. The molecule has 0 radical (unpaired) electrons. The van der Waals surface area contributed by atoms with Gasteiger partial charge in [0.2, 0.25) is 11.8 Å². The van der Waals surface area contributed by atoms with E-state index in [0.717, 1.165) is 69.9 Å². The van der Waals surface area contributed by atoms with Gasteiger partial charge in [0.05, 0.1) is 5.56 Å². The van der Waals surface area contributed by atoms with Gasteiger partial charge in [-0.1, -0.05) is 12.1 Å². The van der Waals surface area contributed by atoms with E-state index in [2.05, 4.69) is 15.1 Å². The molecule has 4 aliphatic heterocycles. The van der Waals surface area contributed by atoms with Crippen molar-refractivity contribution in [1.29, 1.82) is 0 Å². The maximum atomic E-state index is 13.5. The predicted molar refractivity (Wildman–Crippen MR) is 142 cm³/mol. The highest BCUT2D eigenvalue weighted by atomic mass is 16.6. The second-order valence-corrected chi connectivity index (χ2v) is 11.9. The molecule has 0 spiro atoms. The number of rotatable bonds is 4. The van der Waals surface area contributed by atoms with Crippen LogP contribution in [0.2, 0.25) is 0 Å². The van der Waals surface area contributed by atoms with Crippen LogP contribution in [0.15, 0.2) is 18.2 Å². The average molecular weight is 526 g/mol. The zero-order chi connectivity index (χ0) is 27.0. The lowest BCUT2D eigenvalue weighted by Gasteiger charge is -2.40. The molecule has 1 N–H and O–H groups in total. The van der Waals surface area contributed by atoms with Crippen molar-refractivity contribution in [3.05, 3.63) is 29.3 Å². The van der Waals surface area contributed by atoms with E-state index in [1.807, 2.05) is 43.9 Å². The van der Waals surface area contributed by atoms with Crippen molar-refractivity contribution in [3.8, 4) is 0 Å². The topological polar surface area (TPSA) is 102 Å². The van der Waals surface area contributed by atoms with Gasteiger partial charge >= 0.3 is 6.09 Å². The number of carbonyl (C=O) groups is 4. The second kappa shape index (κ2) is 10.6. The monoisotopic (exact) mass is 525 g/mol. The zero-order valence-corrected chi connectivity index (χ0v) is 22.7. The van der Waals surface area contributed by atoms with Gasteiger partial charge in [0, 0.05) is 64.5 Å². The summed E-state index contributed by atoms with van der Waals surface area (Å²) in [4.78, 5) is 58.0. The fraction of sp³-hybridized carbons (Fsp3) is 0.643. The number of carbonyl (C=O) groups excluding carboxylic acids is 4. The third kappa shape index (κ3) is 5.65. The third-order valence-corrected chi connectivity index (χ3v) is 8.03. The molecular formula is C28H39N5O5. The van der Waals surface area contributed by atoms with E-state index in [-0.39, 0.29) is 30.2 Å². The number of anilines is 1. The van der Waals surface area contributed by atoms with Crippen molar-refractivity contribution in [2.45, 2.75) is 64.6 Å². The quantitative estimate of drug-likeness (QED) is 0.602. The van der Waals surface area contributed by atoms with Crippen LogP contribution < -0.4 is 10.2 Å². The number of ether oxygens (including phenoxy) is 1. The fourth-order valence-corrected chi connectivity index (χ4v) is 6.02. The smallest absolute Gasteiger partial charge is 0.410 e. The molecule has 5 rings (SSSR count). The molecule has 3 saturated heterocycles. The molecule has 0 saturated carbocycles. The van der Waals surface area contributed by atoms with E-state index < -0.39 is 11.6 Å². The number of nitrogens with one attached hydrogen (secondary N) is 1. The molecule has 1 aromatic carbocycles. The Hall–Kier alpha value is -3.14. The molecule has 1 unspecified atom stereocenters. The van der Waals surface area contributed by atoms with Gasteiger partial charge in [-0.15, -0.1) is 0 Å². The molecule has 4 heterocycles. The number of piperazine rings is 1. The highest BCUT2D eigenvalue weighted by Gasteiger charge is 2.41. The molecule has 10 heteroatoms. The van der Waals surface area contributed by atoms with Gasteiger partial charge in [0.25, 0.3) is 5.91 Å². The lowest BCUT2D eigenvalue weighted by atomic mass is 9.96.